The molecule has 1 aliphatic rings. The third kappa shape index (κ3) is 2.44. The molecule has 0 spiro atoms. The van der Waals surface area contributed by atoms with Crippen LogP contribution in [0.3, 0.4) is 0 Å². The zero-order chi connectivity index (χ0) is 15.7. The minimum atomic E-state index is -0.724. The van der Waals surface area contributed by atoms with Crippen molar-refractivity contribution in [1.82, 2.24) is 9.78 Å². The molecule has 3 rings (SSSR count). The van der Waals surface area contributed by atoms with Crippen molar-refractivity contribution in [1.29, 1.82) is 0 Å². The van der Waals surface area contributed by atoms with Crippen molar-refractivity contribution < 1.29 is 28.3 Å². The molecule has 22 heavy (non-hydrogen) atoms. The second-order valence-corrected chi connectivity index (χ2v) is 4.32. The molecule has 0 amide bonds. The Morgan fingerprint density at radius 2 is 2.18 bits per heavy atom. The van der Waals surface area contributed by atoms with Crippen LogP contribution in [0.4, 0.5) is 10.7 Å². The summed E-state index contributed by atoms with van der Waals surface area (Å²) < 4.78 is 21.4. The van der Waals surface area contributed by atoms with Gasteiger partial charge >= 0.3 is 12.0 Å². The Morgan fingerprint density at radius 1 is 1.45 bits per heavy atom. The molecule has 0 aromatic carbocycles. The molecule has 2 aromatic rings. The van der Waals surface area contributed by atoms with Gasteiger partial charge in [0.25, 0.3) is 0 Å². The van der Waals surface area contributed by atoms with Gasteiger partial charge in [-0.3, -0.25) is 10.1 Å². The Morgan fingerprint density at radius 3 is 2.77 bits per heavy atom. The van der Waals surface area contributed by atoms with Crippen LogP contribution in [0.1, 0.15) is 11.9 Å². The lowest BCUT2D eigenvalue weighted by Gasteiger charge is -2.07. The number of furan rings is 1. The number of hydrogen-bond acceptors (Lipinski definition) is 8. The zero-order valence-electron chi connectivity index (χ0n) is 11.4. The van der Waals surface area contributed by atoms with Gasteiger partial charge in [-0.15, -0.1) is 0 Å². The Bertz CT molecular complexity index is 714. The highest BCUT2D eigenvalue weighted by Crippen LogP contribution is 2.34. The Balaban J connectivity index is 2.04. The number of nitro groups is 1. The molecule has 116 valence electrons. The highest BCUT2D eigenvalue weighted by atomic mass is 16.7. The van der Waals surface area contributed by atoms with Gasteiger partial charge in [-0.1, -0.05) is 0 Å². The topological polar surface area (TPSA) is 119 Å². The fourth-order valence-electron chi connectivity index (χ4n) is 2.03. The van der Waals surface area contributed by atoms with Crippen LogP contribution in [0.5, 0.6) is 0 Å². The van der Waals surface area contributed by atoms with E-state index in [0.717, 1.165) is 4.68 Å². The van der Waals surface area contributed by atoms with Crippen LogP contribution in [0.25, 0.3) is 11.5 Å². The molecule has 1 fully saturated rings. The second-order valence-electron chi connectivity index (χ2n) is 4.32. The minimum Gasteiger partial charge on any atom is -0.451 e. The SMILES string of the molecule is COC(=O)n1cc(C2OCCO2)c(-c2ccc([N+](=O)[O-])o2)n1. The van der Waals surface area contributed by atoms with E-state index in [1.807, 2.05) is 0 Å². The Labute approximate surface area is 123 Å². The van der Waals surface area contributed by atoms with Gasteiger partial charge in [-0.2, -0.15) is 9.78 Å². The first-order chi connectivity index (χ1) is 10.6. The van der Waals surface area contributed by atoms with E-state index in [2.05, 4.69) is 9.84 Å². The van der Waals surface area contributed by atoms with E-state index < -0.39 is 23.2 Å². The molecule has 0 unspecified atom stereocenters. The summed E-state index contributed by atoms with van der Waals surface area (Å²) in [7, 11) is 1.21. The van der Waals surface area contributed by atoms with Crippen LogP contribution in [0.2, 0.25) is 0 Å². The number of aromatic nitrogens is 2. The van der Waals surface area contributed by atoms with Gasteiger partial charge in [0, 0.05) is 6.20 Å². The molecule has 0 radical (unpaired) electrons. The minimum absolute atomic E-state index is 0.128. The summed E-state index contributed by atoms with van der Waals surface area (Å²) in [6.45, 7) is 0.789. The average molecular weight is 309 g/mol. The fourth-order valence-corrected chi connectivity index (χ4v) is 2.03. The largest absolute Gasteiger partial charge is 0.451 e. The summed E-state index contributed by atoms with van der Waals surface area (Å²) >= 11 is 0. The number of carbonyl (C=O) groups excluding carboxylic acids is 1. The molecule has 10 nitrogen and oxygen atoms in total. The molecule has 0 atom stereocenters. The van der Waals surface area contributed by atoms with E-state index in [9.17, 15) is 14.9 Å². The van der Waals surface area contributed by atoms with Gasteiger partial charge in [-0.25, -0.2) is 4.79 Å². The normalized spacial score (nSPS) is 15.1. The van der Waals surface area contributed by atoms with Crippen molar-refractivity contribution in [3.05, 3.63) is 34.0 Å². The van der Waals surface area contributed by atoms with Gasteiger partial charge < -0.3 is 18.6 Å². The summed E-state index contributed by atoms with van der Waals surface area (Å²) in [5.74, 6) is -0.301. The molecule has 2 aromatic heterocycles. The maximum absolute atomic E-state index is 11.6. The van der Waals surface area contributed by atoms with Crippen LogP contribution in [-0.2, 0) is 14.2 Å². The average Bonchev–Trinajstić information content (AvgIpc) is 3.22. The van der Waals surface area contributed by atoms with Crippen molar-refractivity contribution in [3.8, 4) is 11.5 Å². The second kappa shape index (κ2) is 5.58. The van der Waals surface area contributed by atoms with E-state index in [0.29, 0.717) is 18.8 Å². The molecule has 1 aliphatic heterocycles. The van der Waals surface area contributed by atoms with Crippen LogP contribution in [-0.4, -0.2) is 41.1 Å². The summed E-state index contributed by atoms with van der Waals surface area (Å²) in [5, 5.41) is 14.7. The van der Waals surface area contributed by atoms with Crippen molar-refractivity contribution in [2.45, 2.75) is 6.29 Å². The molecule has 1 saturated heterocycles. The smallest absolute Gasteiger partial charge is 0.434 e. The fraction of sp³-hybridized carbons (Fsp3) is 0.333. The van der Waals surface area contributed by atoms with Gasteiger partial charge in [-0.05, 0) is 6.07 Å². The predicted octanol–water partition coefficient (Wildman–Crippen LogP) is 1.71. The lowest BCUT2D eigenvalue weighted by Crippen LogP contribution is -2.11. The quantitative estimate of drug-likeness (QED) is 0.621. The molecule has 0 bridgehead atoms. The molecule has 0 N–H and O–H groups in total. The van der Waals surface area contributed by atoms with Gasteiger partial charge in [0.2, 0.25) is 0 Å². The molecule has 0 saturated carbocycles. The monoisotopic (exact) mass is 309 g/mol. The zero-order valence-corrected chi connectivity index (χ0v) is 11.4. The summed E-state index contributed by atoms with van der Waals surface area (Å²) in [6.07, 6.45) is -0.0602. The van der Waals surface area contributed by atoms with E-state index >= 15 is 0 Å². The van der Waals surface area contributed by atoms with E-state index in [4.69, 9.17) is 13.9 Å². The highest BCUT2D eigenvalue weighted by molar-refractivity contribution is 5.71. The summed E-state index contributed by atoms with van der Waals surface area (Å²) in [6, 6.07) is 2.59. The number of carbonyl (C=O) groups is 1. The molecule has 10 heteroatoms. The van der Waals surface area contributed by atoms with Gasteiger partial charge in [0.1, 0.15) is 10.6 Å². The molecular formula is C12H11N3O7. The van der Waals surface area contributed by atoms with Crippen molar-refractivity contribution in [2.24, 2.45) is 0 Å². The van der Waals surface area contributed by atoms with Crippen LogP contribution in [0.15, 0.2) is 22.7 Å². The van der Waals surface area contributed by atoms with E-state index in [1.54, 1.807) is 0 Å². The van der Waals surface area contributed by atoms with E-state index in [1.165, 1.54) is 25.4 Å². The van der Waals surface area contributed by atoms with Crippen molar-refractivity contribution in [3.63, 3.8) is 0 Å². The van der Waals surface area contributed by atoms with Gasteiger partial charge in [0.05, 0.1) is 32.0 Å². The van der Waals surface area contributed by atoms with Crippen LogP contribution >= 0.6 is 0 Å². The molecule has 0 aliphatic carbocycles. The van der Waals surface area contributed by atoms with Crippen LogP contribution in [0, 0.1) is 10.1 Å². The van der Waals surface area contributed by atoms with Crippen molar-refractivity contribution >= 4 is 12.0 Å². The first-order valence-electron chi connectivity index (χ1n) is 6.26. The summed E-state index contributed by atoms with van der Waals surface area (Å²) in [4.78, 5) is 21.6. The number of rotatable bonds is 3. The van der Waals surface area contributed by atoms with Crippen LogP contribution < -0.4 is 0 Å². The third-order valence-corrected chi connectivity index (χ3v) is 2.99. The lowest BCUT2D eigenvalue weighted by molar-refractivity contribution is -0.401. The third-order valence-electron chi connectivity index (χ3n) is 2.99. The highest BCUT2D eigenvalue weighted by Gasteiger charge is 2.29. The number of methoxy groups -OCH3 is 1. The first-order valence-corrected chi connectivity index (χ1v) is 6.26. The lowest BCUT2D eigenvalue weighted by atomic mass is 10.2. The number of nitrogens with zero attached hydrogens (tertiary/aromatic N) is 3. The molecule has 3 heterocycles. The first kappa shape index (κ1) is 14.2. The number of hydrogen-bond donors (Lipinski definition) is 0. The Kier molecular flexibility index (Phi) is 3.61. The maximum atomic E-state index is 11.6. The van der Waals surface area contributed by atoms with Gasteiger partial charge in [0.15, 0.2) is 12.1 Å². The summed E-state index contributed by atoms with van der Waals surface area (Å²) in [5.41, 5.74) is 0.637. The molecular weight excluding hydrogens is 298 g/mol. The number of ether oxygens (including phenoxy) is 3. The van der Waals surface area contributed by atoms with Crippen molar-refractivity contribution in [2.75, 3.05) is 20.3 Å². The standard InChI is InChI=1S/C12H11N3O7/c1-19-12(16)14-6-7(11-20-4-5-21-11)10(13-14)8-2-3-9(22-8)15(17)18/h2-3,6,11H,4-5H2,1H3. The predicted molar refractivity (Wildman–Crippen MR) is 69.0 cm³/mol. The van der Waals surface area contributed by atoms with E-state index in [-0.39, 0.29) is 11.5 Å². The Hall–Kier alpha value is -2.72. The maximum Gasteiger partial charge on any atom is 0.434 e.